The van der Waals surface area contributed by atoms with E-state index in [4.69, 9.17) is 4.74 Å². The van der Waals surface area contributed by atoms with Crippen LogP contribution in [0.4, 0.5) is 4.79 Å². The Hall–Kier alpha value is -0.380. The number of nitrogens with one attached hydrogen (secondary N) is 1. The van der Waals surface area contributed by atoms with Crippen LogP contribution >= 0.6 is 11.8 Å². The van der Waals surface area contributed by atoms with Crippen molar-refractivity contribution in [3.05, 3.63) is 0 Å². The van der Waals surface area contributed by atoms with Crippen LogP contribution in [0, 0.1) is 5.92 Å². The first-order valence-corrected chi connectivity index (χ1v) is 11.1. The number of amides is 1. The van der Waals surface area contributed by atoms with E-state index in [9.17, 15) is 4.79 Å². The molecule has 0 bridgehead atoms. The molecule has 4 heteroatoms. The summed E-state index contributed by atoms with van der Waals surface area (Å²) in [6, 6.07) is 0.259. The van der Waals surface area contributed by atoms with Crippen LogP contribution in [-0.2, 0) is 4.74 Å². The lowest BCUT2D eigenvalue weighted by Crippen LogP contribution is -2.42. The molecule has 0 saturated heterocycles. The number of alkyl carbamates (subject to hydrolysis) is 1. The molecule has 24 heavy (non-hydrogen) atoms. The second kappa shape index (κ2) is 9.94. The second-order valence-electron chi connectivity index (χ2n) is 8.68. The zero-order valence-corrected chi connectivity index (χ0v) is 16.8. The van der Waals surface area contributed by atoms with E-state index in [1.807, 2.05) is 20.8 Å². The Morgan fingerprint density at radius 1 is 1.04 bits per heavy atom. The lowest BCUT2D eigenvalue weighted by molar-refractivity contribution is 0.0501. The number of hydrogen-bond donors (Lipinski definition) is 1. The summed E-state index contributed by atoms with van der Waals surface area (Å²) in [5.41, 5.74) is -0.421. The van der Waals surface area contributed by atoms with E-state index < -0.39 is 5.60 Å². The molecule has 0 heterocycles. The van der Waals surface area contributed by atoms with E-state index >= 15 is 0 Å². The molecule has 2 saturated carbocycles. The van der Waals surface area contributed by atoms with Gasteiger partial charge in [0.25, 0.3) is 0 Å². The molecule has 3 nitrogen and oxygen atoms in total. The van der Waals surface area contributed by atoms with Gasteiger partial charge in [-0.15, -0.1) is 0 Å². The third-order valence-electron chi connectivity index (χ3n) is 5.15. The van der Waals surface area contributed by atoms with E-state index in [2.05, 4.69) is 17.1 Å². The summed E-state index contributed by atoms with van der Waals surface area (Å²) >= 11 is 2.08. The maximum absolute atomic E-state index is 12.2. The molecule has 1 amide bonds. The number of thioether (sulfide) groups is 1. The van der Waals surface area contributed by atoms with Gasteiger partial charge in [0.05, 0.1) is 0 Å². The number of hydrogen-bond acceptors (Lipinski definition) is 3. The molecule has 140 valence electrons. The van der Waals surface area contributed by atoms with Crippen molar-refractivity contribution in [2.24, 2.45) is 5.92 Å². The number of ether oxygens (including phenoxy) is 1. The Morgan fingerprint density at radius 2 is 1.62 bits per heavy atom. The van der Waals surface area contributed by atoms with Gasteiger partial charge < -0.3 is 10.1 Å². The summed E-state index contributed by atoms with van der Waals surface area (Å²) in [5.74, 6) is 1.83. The molecule has 2 fully saturated rings. The van der Waals surface area contributed by atoms with E-state index in [-0.39, 0.29) is 12.1 Å². The molecule has 0 unspecified atom stereocenters. The fourth-order valence-electron chi connectivity index (χ4n) is 3.95. The zero-order valence-electron chi connectivity index (χ0n) is 15.9. The number of rotatable bonds is 6. The Labute approximate surface area is 153 Å². The highest BCUT2D eigenvalue weighted by Crippen LogP contribution is 2.31. The molecule has 0 aromatic heterocycles. The van der Waals surface area contributed by atoms with Crippen LogP contribution in [0.15, 0.2) is 0 Å². The van der Waals surface area contributed by atoms with Gasteiger partial charge in [-0.1, -0.05) is 51.4 Å². The van der Waals surface area contributed by atoms with Crippen LogP contribution in [0.5, 0.6) is 0 Å². The molecule has 0 aromatic carbocycles. The highest BCUT2D eigenvalue weighted by molar-refractivity contribution is 7.99. The van der Waals surface area contributed by atoms with Crippen molar-refractivity contribution in [2.75, 3.05) is 5.75 Å². The van der Waals surface area contributed by atoms with Gasteiger partial charge in [0.1, 0.15) is 5.60 Å². The number of carbonyl (C=O) groups is 1. The molecule has 2 aliphatic rings. The summed E-state index contributed by atoms with van der Waals surface area (Å²) in [7, 11) is 0. The van der Waals surface area contributed by atoms with Crippen LogP contribution in [-0.4, -0.2) is 28.7 Å². The summed E-state index contributed by atoms with van der Waals surface area (Å²) < 4.78 is 5.49. The lowest BCUT2D eigenvalue weighted by Gasteiger charge is -2.30. The quantitative estimate of drug-likeness (QED) is 0.643. The predicted octanol–water partition coefficient (Wildman–Crippen LogP) is 5.92. The van der Waals surface area contributed by atoms with Gasteiger partial charge >= 0.3 is 6.09 Å². The molecule has 2 rings (SSSR count). The first-order valence-electron chi connectivity index (χ1n) is 10.0. The van der Waals surface area contributed by atoms with Gasteiger partial charge in [0.2, 0.25) is 0 Å². The molecule has 0 aromatic rings. The van der Waals surface area contributed by atoms with Gasteiger partial charge in [-0.25, -0.2) is 4.79 Å². The van der Waals surface area contributed by atoms with E-state index in [0.29, 0.717) is 0 Å². The maximum Gasteiger partial charge on any atom is 0.407 e. The van der Waals surface area contributed by atoms with Crippen LogP contribution in [0.1, 0.15) is 91.4 Å². The average molecular weight is 356 g/mol. The molecular weight excluding hydrogens is 318 g/mol. The fourth-order valence-corrected chi connectivity index (χ4v) is 5.34. The highest BCUT2D eigenvalue weighted by atomic mass is 32.2. The smallest absolute Gasteiger partial charge is 0.407 e. The van der Waals surface area contributed by atoms with Crippen LogP contribution in [0.2, 0.25) is 0 Å². The summed E-state index contributed by atoms with van der Waals surface area (Å²) in [6.07, 6.45) is 14.5. The second-order valence-corrected chi connectivity index (χ2v) is 10.0. The molecule has 1 atom stereocenters. The van der Waals surface area contributed by atoms with Crippen LogP contribution < -0.4 is 5.32 Å². The summed E-state index contributed by atoms with van der Waals surface area (Å²) in [4.78, 5) is 12.2. The van der Waals surface area contributed by atoms with Gasteiger partial charge in [-0.2, -0.15) is 11.8 Å². The molecule has 1 N–H and O–H groups in total. The fraction of sp³-hybridized carbons (Fsp3) is 0.950. The van der Waals surface area contributed by atoms with Crippen LogP contribution in [0.25, 0.3) is 0 Å². The van der Waals surface area contributed by atoms with Crippen molar-refractivity contribution in [2.45, 2.75) is 108 Å². The third-order valence-corrected chi connectivity index (χ3v) is 6.69. The standard InChI is InChI=1S/C20H37NO2S/c1-20(2,3)23-19(22)21-17(14-16-10-6-4-7-11-16)15-24-18-12-8-5-9-13-18/h16-18H,4-15H2,1-3H3,(H,21,22)/t17-/m0/s1. The lowest BCUT2D eigenvalue weighted by atomic mass is 9.85. The summed E-state index contributed by atoms with van der Waals surface area (Å²) in [5, 5.41) is 3.98. The van der Waals surface area contributed by atoms with E-state index in [1.165, 1.54) is 64.2 Å². The van der Waals surface area contributed by atoms with Crippen molar-refractivity contribution in [1.82, 2.24) is 5.32 Å². The molecule has 0 radical (unpaired) electrons. The molecule has 2 aliphatic carbocycles. The Bertz CT molecular complexity index is 368. The monoisotopic (exact) mass is 355 g/mol. The van der Waals surface area contributed by atoms with E-state index in [1.54, 1.807) is 0 Å². The minimum atomic E-state index is -0.421. The Morgan fingerprint density at radius 3 is 2.21 bits per heavy atom. The summed E-state index contributed by atoms with van der Waals surface area (Å²) in [6.45, 7) is 5.79. The van der Waals surface area contributed by atoms with Gasteiger partial charge in [-0.3, -0.25) is 0 Å². The van der Waals surface area contributed by atoms with Crippen molar-refractivity contribution in [1.29, 1.82) is 0 Å². The molecule has 0 aliphatic heterocycles. The van der Waals surface area contributed by atoms with Gasteiger partial charge in [0.15, 0.2) is 0 Å². The van der Waals surface area contributed by atoms with Crippen molar-refractivity contribution >= 4 is 17.9 Å². The topological polar surface area (TPSA) is 38.3 Å². The highest BCUT2D eigenvalue weighted by Gasteiger charge is 2.24. The van der Waals surface area contributed by atoms with Gasteiger partial charge in [-0.05, 0) is 46.0 Å². The predicted molar refractivity (Wildman–Crippen MR) is 104 cm³/mol. The van der Waals surface area contributed by atoms with Gasteiger partial charge in [0, 0.05) is 17.0 Å². The van der Waals surface area contributed by atoms with Crippen molar-refractivity contribution < 1.29 is 9.53 Å². The van der Waals surface area contributed by atoms with Crippen molar-refractivity contribution in [3.8, 4) is 0 Å². The molecular formula is C20H37NO2S. The van der Waals surface area contributed by atoms with E-state index in [0.717, 1.165) is 23.3 Å². The molecule has 0 spiro atoms. The first-order chi connectivity index (χ1) is 11.4. The Kier molecular flexibility index (Phi) is 8.25. The minimum absolute atomic E-state index is 0.243. The van der Waals surface area contributed by atoms with Crippen molar-refractivity contribution in [3.63, 3.8) is 0 Å². The SMILES string of the molecule is CC(C)(C)OC(=O)N[C@H](CSC1CCCCC1)CC1CCCCC1. The van der Waals surface area contributed by atoms with Crippen LogP contribution in [0.3, 0.4) is 0 Å². The normalized spacial score (nSPS) is 22.1. The minimum Gasteiger partial charge on any atom is -0.444 e. The Balaban J connectivity index is 1.83. The average Bonchev–Trinajstić information content (AvgIpc) is 2.53. The first kappa shape index (κ1) is 19.9. The maximum atomic E-state index is 12.2. The zero-order chi connectivity index (χ0) is 17.4. The number of carbonyl (C=O) groups excluding carboxylic acids is 1. The largest absolute Gasteiger partial charge is 0.444 e. The third kappa shape index (κ3) is 8.13.